The third-order valence-corrected chi connectivity index (χ3v) is 8.10. The molecule has 1 fully saturated rings. The molecular weight excluding hydrogens is 429 g/mol. The molecule has 0 atom stereocenters. The zero-order chi connectivity index (χ0) is 21.4. The zero-order valence-electron chi connectivity index (χ0n) is 15.5. The van der Waals surface area contributed by atoms with Crippen LogP contribution in [0.15, 0.2) is 40.1 Å². The van der Waals surface area contributed by atoms with Gasteiger partial charge in [0, 0.05) is 13.1 Å². The van der Waals surface area contributed by atoms with Gasteiger partial charge in [-0.1, -0.05) is 12.5 Å². The number of piperidine rings is 1. The molecule has 3 rings (SSSR count). The summed E-state index contributed by atoms with van der Waals surface area (Å²) in [5.41, 5.74) is 0.271. The fraction of sp³-hybridized carbons (Fsp3) is 0.333. The molecule has 11 heteroatoms. The van der Waals surface area contributed by atoms with Crippen LogP contribution in [0.4, 0.5) is 18.9 Å². The van der Waals surface area contributed by atoms with Crippen molar-refractivity contribution >= 4 is 25.7 Å². The predicted molar refractivity (Wildman–Crippen MR) is 101 cm³/mol. The van der Waals surface area contributed by atoms with Crippen LogP contribution in [-0.4, -0.2) is 34.2 Å². The third kappa shape index (κ3) is 4.26. The molecule has 0 saturated carbocycles. The molecule has 0 aliphatic carbocycles. The van der Waals surface area contributed by atoms with Crippen LogP contribution in [-0.2, 0) is 20.0 Å². The van der Waals surface area contributed by atoms with Crippen LogP contribution in [0, 0.1) is 24.4 Å². The average molecular weight is 448 g/mol. The van der Waals surface area contributed by atoms with E-state index in [1.165, 1.54) is 16.4 Å². The van der Waals surface area contributed by atoms with Gasteiger partial charge in [0.1, 0.15) is 4.90 Å². The van der Waals surface area contributed by atoms with E-state index in [1.807, 2.05) is 4.72 Å². The highest BCUT2D eigenvalue weighted by atomic mass is 32.2. The number of rotatable bonds is 5. The van der Waals surface area contributed by atoms with Gasteiger partial charge in [-0.2, -0.15) is 4.31 Å². The Kier molecular flexibility index (Phi) is 5.93. The Labute approximate surface area is 167 Å². The van der Waals surface area contributed by atoms with Crippen molar-refractivity contribution in [3.8, 4) is 0 Å². The summed E-state index contributed by atoms with van der Waals surface area (Å²) in [5, 5.41) is 0. The van der Waals surface area contributed by atoms with Crippen LogP contribution in [0.3, 0.4) is 0 Å². The van der Waals surface area contributed by atoms with E-state index in [1.54, 1.807) is 6.92 Å². The first-order valence-corrected chi connectivity index (χ1v) is 11.7. The first-order valence-electron chi connectivity index (χ1n) is 8.81. The first-order chi connectivity index (χ1) is 13.5. The molecular formula is C18H19F3N2O4S2. The topological polar surface area (TPSA) is 83.5 Å². The summed E-state index contributed by atoms with van der Waals surface area (Å²) < 4.78 is 94.5. The smallest absolute Gasteiger partial charge is 0.264 e. The second kappa shape index (κ2) is 7.96. The molecule has 0 spiro atoms. The van der Waals surface area contributed by atoms with Gasteiger partial charge in [0.05, 0.1) is 10.6 Å². The number of hydrogen-bond donors (Lipinski definition) is 1. The molecule has 1 saturated heterocycles. The molecule has 1 heterocycles. The molecule has 2 aromatic carbocycles. The Hall–Kier alpha value is -2.11. The molecule has 0 radical (unpaired) electrons. The predicted octanol–water partition coefficient (Wildman–Crippen LogP) is 3.39. The van der Waals surface area contributed by atoms with Crippen molar-refractivity contribution in [3.05, 3.63) is 53.3 Å². The van der Waals surface area contributed by atoms with Crippen molar-refractivity contribution < 1.29 is 30.0 Å². The first kappa shape index (κ1) is 21.6. The van der Waals surface area contributed by atoms with Gasteiger partial charge in [-0.3, -0.25) is 4.72 Å². The number of sulfonamides is 2. The number of halogens is 3. The van der Waals surface area contributed by atoms with Gasteiger partial charge < -0.3 is 0 Å². The molecule has 1 aliphatic rings. The molecule has 2 aromatic rings. The Bertz CT molecular complexity index is 1150. The van der Waals surface area contributed by atoms with E-state index in [0.717, 1.165) is 25.3 Å². The second-order valence-electron chi connectivity index (χ2n) is 6.72. The lowest BCUT2D eigenvalue weighted by atomic mass is 10.2. The van der Waals surface area contributed by atoms with Crippen molar-refractivity contribution in [3.63, 3.8) is 0 Å². The normalized spacial score (nSPS) is 16.0. The highest BCUT2D eigenvalue weighted by Gasteiger charge is 2.29. The monoisotopic (exact) mass is 448 g/mol. The Morgan fingerprint density at radius 1 is 0.862 bits per heavy atom. The molecule has 29 heavy (non-hydrogen) atoms. The van der Waals surface area contributed by atoms with E-state index in [0.29, 0.717) is 30.8 Å². The van der Waals surface area contributed by atoms with Gasteiger partial charge >= 0.3 is 0 Å². The molecule has 1 N–H and O–H groups in total. The summed E-state index contributed by atoms with van der Waals surface area (Å²) in [6.07, 6.45) is 2.41. The van der Waals surface area contributed by atoms with Gasteiger partial charge in [0.2, 0.25) is 10.0 Å². The fourth-order valence-corrected chi connectivity index (χ4v) is 6.00. The Balaban J connectivity index is 1.97. The summed E-state index contributed by atoms with van der Waals surface area (Å²) in [5.74, 6) is -5.29. The lowest BCUT2D eigenvalue weighted by molar-refractivity contribution is 0.346. The van der Waals surface area contributed by atoms with E-state index in [2.05, 4.69) is 0 Å². The van der Waals surface area contributed by atoms with Crippen molar-refractivity contribution in [2.24, 2.45) is 0 Å². The third-order valence-electron chi connectivity index (χ3n) is 4.66. The molecule has 0 amide bonds. The van der Waals surface area contributed by atoms with Gasteiger partial charge in [-0.25, -0.2) is 30.0 Å². The average Bonchev–Trinajstić information content (AvgIpc) is 2.68. The number of nitrogens with zero attached hydrogens (tertiary/aromatic N) is 1. The number of hydrogen-bond acceptors (Lipinski definition) is 4. The van der Waals surface area contributed by atoms with Crippen LogP contribution in [0.1, 0.15) is 24.8 Å². The minimum atomic E-state index is -4.62. The van der Waals surface area contributed by atoms with E-state index < -0.39 is 42.4 Å². The van der Waals surface area contributed by atoms with Crippen LogP contribution < -0.4 is 4.72 Å². The van der Waals surface area contributed by atoms with Gasteiger partial charge in [0.15, 0.2) is 17.5 Å². The maximum absolute atomic E-state index is 13.9. The number of nitrogens with one attached hydrogen (secondary N) is 1. The molecule has 0 bridgehead atoms. The van der Waals surface area contributed by atoms with Crippen molar-refractivity contribution in [2.45, 2.75) is 36.0 Å². The standard InChI is InChI=1S/C18H19F3N2O4S2/c1-12-5-6-13(11-16(12)29(26,27)23-9-3-2-4-10-23)22-28(24,25)15-8-7-14(19)17(20)18(15)21/h5-8,11,22H,2-4,9-10H2,1H3. The maximum atomic E-state index is 13.9. The van der Waals surface area contributed by atoms with Gasteiger partial charge in [-0.05, 0) is 49.6 Å². The van der Waals surface area contributed by atoms with Crippen molar-refractivity contribution in [1.29, 1.82) is 0 Å². The minimum Gasteiger partial charge on any atom is -0.279 e. The lowest BCUT2D eigenvalue weighted by Gasteiger charge is -2.26. The minimum absolute atomic E-state index is 0.0784. The van der Waals surface area contributed by atoms with E-state index in [4.69, 9.17) is 0 Å². The zero-order valence-corrected chi connectivity index (χ0v) is 17.1. The lowest BCUT2D eigenvalue weighted by Crippen LogP contribution is -2.36. The highest BCUT2D eigenvalue weighted by Crippen LogP contribution is 2.28. The Morgan fingerprint density at radius 2 is 1.52 bits per heavy atom. The summed E-state index contributed by atoms with van der Waals surface area (Å²) in [7, 11) is -8.46. The number of aryl methyl sites for hydroxylation is 1. The molecule has 0 unspecified atom stereocenters. The van der Waals surface area contributed by atoms with Crippen LogP contribution >= 0.6 is 0 Å². The molecule has 1 aliphatic heterocycles. The number of anilines is 1. The molecule has 0 aromatic heterocycles. The highest BCUT2D eigenvalue weighted by molar-refractivity contribution is 7.92. The fourth-order valence-electron chi connectivity index (χ4n) is 3.11. The summed E-state index contributed by atoms with van der Waals surface area (Å²) in [6, 6.07) is 4.94. The van der Waals surface area contributed by atoms with E-state index in [9.17, 15) is 30.0 Å². The second-order valence-corrected chi connectivity index (χ2v) is 10.3. The van der Waals surface area contributed by atoms with Crippen molar-refractivity contribution in [2.75, 3.05) is 17.8 Å². The number of benzene rings is 2. The quantitative estimate of drug-likeness (QED) is 0.711. The van der Waals surface area contributed by atoms with Crippen molar-refractivity contribution in [1.82, 2.24) is 4.31 Å². The van der Waals surface area contributed by atoms with Crippen LogP contribution in [0.25, 0.3) is 0 Å². The van der Waals surface area contributed by atoms with Gasteiger partial charge in [-0.15, -0.1) is 0 Å². The molecule has 6 nitrogen and oxygen atoms in total. The van der Waals surface area contributed by atoms with Crippen LogP contribution in [0.2, 0.25) is 0 Å². The summed E-state index contributed by atoms with van der Waals surface area (Å²) >= 11 is 0. The van der Waals surface area contributed by atoms with Crippen LogP contribution in [0.5, 0.6) is 0 Å². The van der Waals surface area contributed by atoms with Gasteiger partial charge in [0.25, 0.3) is 10.0 Å². The largest absolute Gasteiger partial charge is 0.279 e. The Morgan fingerprint density at radius 3 is 2.17 bits per heavy atom. The van der Waals surface area contributed by atoms with E-state index in [-0.39, 0.29) is 10.6 Å². The summed E-state index contributed by atoms with van der Waals surface area (Å²) in [6.45, 7) is 2.32. The summed E-state index contributed by atoms with van der Waals surface area (Å²) in [4.78, 5) is -1.16. The SMILES string of the molecule is Cc1ccc(NS(=O)(=O)c2ccc(F)c(F)c2F)cc1S(=O)(=O)N1CCCCC1. The maximum Gasteiger partial charge on any atom is 0.264 e. The molecule has 158 valence electrons. The van der Waals surface area contributed by atoms with E-state index >= 15 is 0 Å².